The number of amides is 1. The zero-order valence-corrected chi connectivity index (χ0v) is 18.8. The Labute approximate surface area is 194 Å². The molecule has 0 spiro atoms. The van der Waals surface area contributed by atoms with Gasteiger partial charge in [0, 0.05) is 40.0 Å². The number of carboxylic acid groups (broad SMARTS) is 1. The molecule has 9 heteroatoms. The van der Waals surface area contributed by atoms with Gasteiger partial charge in [-0.25, -0.2) is 4.98 Å². The maximum absolute atomic E-state index is 13.2. The molecule has 0 saturated heterocycles. The van der Waals surface area contributed by atoms with Gasteiger partial charge in [0.25, 0.3) is 11.5 Å². The summed E-state index contributed by atoms with van der Waals surface area (Å²) in [6, 6.07) is 12.0. The molecule has 1 aromatic carbocycles. The van der Waals surface area contributed by atoms with E-state index in [2.05, 4.69) is 29.4 Å². The number of carbonyl (C=O) groups excluding carboxylic acids is 2. The van der Waals surface area contributed by atoms with Gasteiger partial charge >= 0.3 is 0 Å². The third kappa shape index (κ3) is 4.49. The van der Waals surface area contributed by atoms with Crippen LogP contribution in [0.15, 0.2) is 47.4 Å². The maximum atomic E-state index is 13.2. The fourth-order valence-corrected chi connectivity index (χ4v) is 5.12. The number of nitrogens with one attached hydrogen (secondary N) is 2. The lowest BCUT2D eigenvalue weighted by molar-refractivity contribution is -0.365. The predicted molar refractivity (Wildman–Crippen MR) is 122 cm³/mol. The number of hydrogen-bond donors (Lipinski definition) is 2. The largest absolute Gasteiger partial charge is 0.548 e. The van der Waals surface area contributed by atoms with Crippen molar-refractivity contribution >= 4 is 23.6 Å². The van der Waals surface area contributed by atoms with Crippen LogP contribution in [0.3, 0.4) is 0 Å². The molecule has 0 saturated carbocycles. The van der Waals surface area contributed by atoms with Crippen molar-refractivity contribution in [1.82, 2.24) is 9.88 Å². The number of benzene rings is 1. The number of nitrogens with zero attached hydrogens (tertiary/aromatic N) is 1. The molecular weight excluding hydrogens is 442 g/mol. The van der Waals surface area contributed by atoms with E-state index >= 15 is 0 Å². The van der Waals surface area contributed by atoms with Crippen molar-refractivity contribution in [3.8, 4) is 17.0 Å². The lowest BCUT2D eigenvalue weighted by atomic mass is 10.0. The summed E-state index contributed by atoms with van der Waals surface area (Å²) in [5.74, 6) is -1.81. The molecule has 1 aliphatic rings. The van der Waals surface area contributed by atoms with E-state index in [1.165, 1.54) is 21.9 Å². The van der Waals surface area contributed by atoms with Crippen LogP contribution in [-0.4, -0.2) is 28.1 Å². The summed E-state index contributed by atoms with van der Waals surface area (Å²) in [4.78, 5) is 39.6. The Balaban J connectivity index is 1.69. The van der Waals surface area contributed by atoms with Crippen molar-refractivity contribution in [3.63, 3.8) is 0 Å². The van der Waals surface area contributed by atoms with Crippen LogP contribution in [0.5, 0.6) is 5.75 Å². The van der Waals surface area contributed by atoms with Crippen LogP contribution in [0.2, 0.25) is 0 Å². The Bertz CT molecular complexity index is 1280. The second-order valence-electron chi connectivity index (χ2n) is 7.71. The number of aromatic hydroxyl groups is 1. The molecule has 0 unspecified atom stereocenters. The number of carboxylic acids is 1. The lowest BCUT2D eigenvalue weighted by Gasteiger charge is -2.16. The number of carbonyl (C=O) groups is 2. The molecule has 3 heterocycles. The average Bonchev–Trinajstić information content (AvgIpc) is 3.31. The highest BCUT2D eigenvalue weighted by molar-refractivity contribution is 7.98. The van der Waals surface area contributed by atoms with Gasteiger partial charge in [0.2, 0.25) is 5.69 Å². The highest BCUT2D eigenvalue weighted by Crippen LogP contribution is 2.36. The van der Waals surface area contributed by atoms with E-state index in [1.54, 1.807) is 0 Å². The molecule has 0 radical (unpaired) electrons. The van der Waals surface area contributed by atoms with Crippen molar-refractivity contribution in [2.75, 3.05) is 6.54 Å². The predicted octanol–water partition coefficient (Wildman–Crippen LogP) is 0.872. The number of fused-ring (bicyclic) bond motifs is 1. The number of hydrogen-bond acceptors (Lipinski definition) is 6. The van der Waals surface area contributed by atoms with Gasteiger partial charge in [-0.05, 0) is 24.1 Å². The van der Waals surface area contributed by atoms with E-state index in [0.717, 1.165) is 23.2 Å². The molecule has 0 aliphatic carbocycles. The molecule has 8 nitrogen and oxygen atoms in total. The Morgan fingerprint density at radius 1 is 1.21 bits per heavy atom. The number of pyridine rings is 2. The molecule has 33 heavy (non-hydrogen) atoms. The van der Waals surface area contributed by atoms with Gasteiger partial charge in [-0.1, -0.05) is 25.1 Å². The minimum absolute atomic E-state index is 0.203. The Hall–Kier alpha value is -3.59. The van der Waals surface area contributed by atoms with E-state index < -0.39 is 29.5 Å². The number of aromatic amines is 1. The van der Waals surface area contributed by atoms with Crippen molar-refractivity contribution in [2.45, 2.75) is 31.4 Å². The first-order valence-electron chi connectivity index (χ1n) is 10.5. The molecule has 3 aromatic rings. The first-order chi connectivity index (χ1) is 15.9. The van der Waals surface area contributed by atoms with Crippen LogP contribution in [0, 0.1) is 0 Å². The number of aryl methyl sites for hydroxylation is 1. The number of aliphatic carboxylic acids is 1. The molecule has 3 N–H and O–H groups in total. The van der Waals surface area contributed by atoms with Crippen LogP contribution >= 0.6 is 11.8 Å². The standard InChI is InChI=1S/C24H23N3O5S/c1-2-15-5-3-4-6-16(15)18-8-7-14(9-25-18)11-27-19-13-33-12-17(19)22(30)21(24(27)32)23(31)26-10-20(28)29/h3-9,30H,2,10-13H2,1H3,(H,26,31)(H,28,29). The van der Waals surface area contributed by atoms with Crippen molar-refractivity contribution in [1.29, 1.82) is 0 Å². The van der Waals surface area contributed by atoms with Crippen LogP contribution in [0.25, 0.3) is 11.3 Å². The smallest absolute Gasteiger partial charge is 0.267 e. The molecule has 4 rings (SSSR count). The normalized spacial score (nSPS) is 12.4. The monoisotopic (exact) mass is 465 g/mol. The molecule has 1 aliphatic heterocycles. The summed E-state index contributed by atoms with van der Waals surface area (Å²) in [7, 11) is 0. The van der Waals surface area contributed by atoms with Crippen LogP contribution in [0.1, 0.15) is 39.7 Å². The number of H-pyrrole nitrogens is 1. The van der Waals surface area contributed by atoms with Gasteiger partial charge in [-0.15, -0.1) is 0 Å². The van der Waals surface area contributed by atoms with Gasteiger partial charge in [0.15, 0.2) is 6.20 Å². The fraction of sp³-hybridized carbons (Fsp3) is 0.250. The summed E-state index contributed by atoms with van der Waals surface area (Å²) < 4.78 is 1.48. The van der Waals surface area contributed by atoms with Crippen LogP contribution in [0.4, 0.5) is 0 Å². The van der Waals surface area contributed by atoms with Gasteiger partial charge in [0.05, 0.1) is 19.1 Å². The summed E-state index contributed by atoms with van der Waals surface area (Å²) >= 11 is 1.53. The molecule has 0 bridgehead atoms. The van der Waals surface area contributed by atoms with E-state index in [9.17, 15) is 24.6 Å². The number of thioether (sulfide) groups is 1. The summed E-state index contributed by atoms with van der Waals surface area (Å²) in [6.45, 7) is 1.55. The SMILES string of the molecule is CCc1ccccc1-c1ccc(Cn2c3c(c(O)c(C(=O)NCC(=O)[O-])c2=O)CSC3)c[nH+]1. The maximum Gasteiger partial charge on any atom is 0.267 e. The van der Waals surface area contributed by atoms with Crippen LogP contribution < -0.4 is 21.0 Å². The summed E-state index contributed by atoms with van der Waals surface area (Å²) in [5, 5.41) is 23.4. The number of aromatic nitrogens is 2. The first-order valence-corrected chi connectivity index (χ1v) is 11.7. The van der Waals surface area contributed by atoms with Crippen LogP contribution in [-0.2, 0) is 29.3 Å². The molecular formula is C24H23N3O5S. The average molecular weight is 466 g/mol. The molecule has 0 fully saturated rings. The Morgan fingerprint density at radius 2 is 2.00 bits per heavy atom. The van der Waals surface area contributed by atoms with Crippen molar-refractivity contribution < 1.29 is 24.8 Å². The van der Waals surface area contributed by atoms with E-state index in [4.69, 9.17) is 0 Å². The Morgan fingerprint density at radius 3 is 2.70 bits per heavy atom. The second kappa shape index (κ2) is 9.50. The van der Waals surface area contributed by atoms with Crippen molar-refractivity contribution in [2.24, 2.45) is 0 Å². The highest BCUT2D eigenvalue weighted by atomic mass is 32.2. The zero-order valence-electron chi connectivity index (χ0n) is 18.0. The van der Waals surface area contributed by atoms with Gasteiger partial charge in [-0.2, -0.15) is 11.8 Å². The summed E-state index contributed by atoms with van der Waals surface area (Å²) in [6.07, 6.45) is 2.73. The van der Waals surface area contributed by atoms with E-state index in [-0.39, 0.29) is 12.3 Å². The van der Waals surface area contributed by atoms with Gasteiger partial charge < -0.3 is 24.9 Å². The van der Waals surface area contributed by atoms with Gasteiger partial charge in [-0.3, -0.25) is 9.59 Å². The number of rotatable bonds is 7. The first kappa shape index (κ1) is 22.6. The Kier molecular flexibility index (Phi) is 6.50. The van der Waals surface area contributed by atoms with Gasteiger partial charge in [0.1, 0.15) is 11.3 Å². The summed E-state index contributed by atoms with van der Waals surface area (Å²) in [5.41, 5.74) is 4.18. The molecule has 170 valence electrons. The molecule has 1 amide bonds. The lowest BCUT2D eigenvalue weighted by Crippen LogP contribution is -2.41. The highest BCUT2D eigenvalue weighted by Gasteiger charge is 2.28. The molecule has 2 aromatic heterocycles. The quantitative estimate of drug-likeness (QED) is 0.533. The van der Waals surface area contributed by atoms with E-state index in [0.29, 0.717) is 22.8 Å². The third-order valence-corrected chi connectivity index (χ3v) is 6.64. The third-order valence-electron chi connectivity index (χ3n) is 5.67. The fourth-order valence-electron chi connectivity index (χ4n) is 3.99. The van der Waals surface area contributed by atoms with Crippen molar-refractivity contribution in [3.05, 3.63) is 80.9 Å². The second-order valence-corrected chi connectivity index (χ2v) is 8.69. The molecule has 0 atom stereocenters. The minimum atomic E-state index is -1.49. The minimum Gasteiger partial charge on any atom is -0.548 e. The van der Waals surface area contributed by atoms with E-state index in [1.807, 2.05) is 30.5 Å². The topological polar surface area (TPSA) is 126 Å². The zero-order chi connectivity index (χ0) is 23.5.